The number of aliphatic hydroxyl groups is 2. The predicted octanol–water partition coefficient (Wildman–Crippen LogP) is 0.189. The van der Waals surface area contributed by atoms with E-state index in [1.165, 1.54) is 0 Å². The highest BCUT2D eigenvalue weighted by atomic mass is 16.5. The number of nitrogens with zero attached hydrogens (tertiary/aromatic N) is 1. The smallest absolute Gasteiger partial charge is 0.227 e. The van der Waals surface area contributed by atoms with Gasteiger partial charge in [0, 0.05) is 24.4 Å². The van der Waals surface area contributed by atoms with E-state index in [0.29, 0.717) is 32.7 Å². The number of amides is 1. The molecule has 114 valence electrons. The SMILES string of the molecule is O=C(Cc1ccc(CO)cc1)N1C[C@H]2COC[C@@]2(CO)C1. The van der Waals surface area contributed by atoms with Crippen LogP contribution in [-0.2, 0) is 22.6 Å². The standard InChI is InChI=1S/C16H21NO4/c18-7-13-3-1-12(2-4-13)5-15(20)17-6-14-8-21-11-16(14,9-17)10-19/h1-4,14,18-19H,5-11H2/t14-,16-/m0/s1. The van der Waals surface area contributed by atoms with E-state index in [1.807, 2.05) is 29.2 Å². The molecule has 5 heteroatoms. The molecule has 2 aliphatic rings. The number of aliphatic hydroxyl groups excluding tert-OH is 2. The number of fused-ring (bicyclic) bond motifs is 1. The van der Waals surface area contributed by atoms with Crippen LogP contribution in [0.5, 0.6) is 0 Å². The van der Waals surface area contributed by atoms with Crippen molar-refractivity contribution in [1.82, 2.24) is 4.90 Å². The van der Waals surface area contributed by atoms with Crippen molar-refractivity contribution in [2.45, 2.75) is 13.0 Å². The lowest BCUT2D eigenvalue weighted by molar-refractivity contribution is -0.130. The van der Waals surface area contributed by atoms with Crippen molar-refractivity contribution in [1.29, 1.82) is 0 Å². The van der Waals surface area contributed by atoms with Crippen molar-refractivity contribution >= 4 is 5.91 Å². The lowest BCUT2D eigenvalue weighted by Gasteiger charge is -2.24. The molecule has 2 atom stereocenters. The Morgan fingerprint density at radius 2 is 2.00 bits per heavy atom. The van der Waals surface area contributed by atoms with Crippen LogP contribution in [0.3, 0.4) is 0 Å². The first-order valence-corrected chi connectivity index (χ1v) is 7.32. The number of likely N-dealkylation sites (tertiary alicyclic amines) is 1. The van der Waals surface area contributed by atoms with E-state index in [2.05, 4.69) is 0 Å². The van der Waals surface area contributed by atoms with Crippen LogP contribution in [0, 0.1) is 11.3 Å². The molecule has 0 aromatic heterocycles. The molecule has 2 fully saturated rings. The second-order valence-electron chi connectivity index (χ2n) is 6.16. The molecule has 0 bridgehead atoms. The highest BCUT2D eigenvalue weighted by Crippen LogP contribution is 2.40. The molecule has 0 aliphatic carbocycles. The molecule has 3 rings (SSSR count). The molecular formula is C16H21NO4. The minimum atomic E-state index is -0.254. The third-order valence-corrected chi connectivity index (χ3v) is 4.75. The Balaban J connectivity index is 1.64. The molecular weight excluding hydrogens is 270 g/mol. The van der Waals surface area contributed by atoms with Gasteiger partial charge in [-0.05, 0) is 11.1 Å². The summed E-state index contributed by atoms with van der Waals surface area (Å²) in [5, 5.41) is 18.7. The van der Waals surface area contributed by atoms with Gasteiger partial charge in [0.1, 0.15) is 0 Å². The summed E-state index contributed by atoms with van der Waals surface area (Å²) in [6, 6.07) is 7.44. The number of benzene rings is 1. The number of hydrogen-bond donors (Lipinski definition) is 2. The summed E-state index contributed by atoms with van der Waals surface area (Å²) >= 11 is 0. The third-order valence-electron chi connectivity index (χ3n) is 4.75. The van der Waals surface area contributed by atoms with Crippen molar-refractivity contribution in [3.63, 3.8) is 0 Å². The fourth-order valence-corrected chi connectivity index (χ4v) is 3.29. The molecule has 2 aliphatic heterocycles. The summed E-state index contributed by atoms with van der Waals surface area (Å²) in [4.78, 5) is 14.3. The van der Waals surface area contributed by atoms with Crippen LogP contribution in [0.15, 0.2) is 24.3 Å². The maximum Gasteiger partial charge on any atom is 0.227 e. The Morgan fingerprint density at radius 1 is 1.29 bits per heavy atom. The molecule has 1 aromatic carbocycles. The van der Waals surface area contributed by atoms with Crippen LogP contribution in [-0.4, -0.2) is 53.9 Å². The molecule has 0 unspecified atom stereocenters. The maximum absolute atomic E-state index is 12.4. The van der Waals surface area contributed by atoms with Gasteiger partial charge in [0.25, 0.3) is 0 Å². The van der Waals surface area contributed by atoms with Gasteiger partial charge in [0.15, 0.2) is 0 Å². The lowest BCUT2D eigenvalue weighted by Crippen LogP contribution is -2.36. The number of carbonyl (C=O) groups excluding carboxylic acids is 1. The molecule has 0 radical (unpaired) electrons. The summed E-state index contributed by atoms with van der Waals surface area (Å²) < 4.78 is 5.46. The van der Waals surface area contributed by atoms with Gasteiger partial charge >= 0.3 is 0 Å². The molecule has 1 aromatic rings. The van der Waals surface area contributed by atoms with Crippen molar-refractivity contribution < 1.29 is 19.7 Å². The van der Waals surface area contributed by atoms with Gasteiger partial charge in [-0.3, -0.25) is 4.79 Å². The molecule has 1 amide bonds. The summed E-state index contributed by atoms with van der Waals surface area (Å²) in [5.41, 5.74) is 1.54. The second kappa shape index (κ2) is 5.75. The molecule has 0 spiro atoms. The van der Waals surface area contributed by atoms with Gasteiger partial charge in [0.05, 0.1) is 32.8 Å². The van der Waals surface area contributed by atoms with Crippen molar-refractivity contribution in [3.05, 3.63) is 35.4 Å². The van der Waals surface area contributed by atoms with E-state index in [9.17, 15) is 9.90 Å². The summed E-state index contributed by atoms with van der Waals surface area (Å²) in [7, 11) is 0. The first-order chi connectivity index (χ1) is 10.2. The van der Waals surface area contributed by atoms with E-state index >= 15 is 0 Å². The van der Waals surface area contributed by atoms with Crippen LogP contribution in [0.2, 0.25) is 0 Å². The van der Waals surface area contributed by atoms with Gasteiger partial charge < -0.3 is 19.8 Å². The fraction of sp³-hybridized carbons (Fsp3) is 0.562. The topological polar surface area (TPSA) is 70.0 Å². The van der Waals surface area contributed by atoms with E-state index in [-0.39, 0.29) is 30.5 Å². The Bertz CT molecular complexity index is 516. The first-order valence-electron chi connectivity index (χ1n) is 7.32. The molecule has 21 heavy (non-hydrogen) atoms. The van der Waals surface area contributed by atoms with Crippen LogP contribution < -0.4 is 0 Å². The minimum Gasteiger partial charge on any atom is -0.396 e. The first kappa shape index (κ1) is 14.5. The Hall–Kier alpha value is -1.43. The Morgan fingerprint density at radius 3 is 2.62 bits per heavy atom. The molecule has 5 nitrogen and oxygen atoms in total. The quantitative estimate of drug-likeness (QED) is 0.831. The van der Waals surface area contributed by atoms with E-state index in [1.54, 1.807) is 0 Å². The Kier molecular flexibility index (Phi) is 3.97. The normalized spacial score (nSPS) is 27.9. The monoisotopic (exact) mass is 291 g/mol. The second-order valence-corrected chi connectivity index (χ2v) is 6.16. The van der Waals surface area contributed by atoms with E-state index < -0.39 is 0 Å². The Labute approximate surface area is 124 Å². The fourth-order valence-electron chi connectivity index (χ4n) is 3.29. The van der Waals surface area contributed by atoms with Crippen molar-refractivity contribution in [3.8, 4) is 0 Å². The van der Waals surface area contributed by atoms with E-state index in [4.69, 9.17) is 9.84 Å². The molecule has 2 heterocycles. The average Bonchev–Trinajstić information content (AvgIpc) is 3.05. The van der Waals surface area contributed by atoms with Crippen LogP contribution in [0.4, 0.5) is 0 Å². The third kappa shape index (κ3) is 2.69. The molecule has 2 N–H and O–H groups in total. The summed E-state index contributed by atoms with van der Waals surface area (Å²) in [6.45, 7) is 2.53. The zero-order chi connectivity index (χ0) is 14.9. The van der Waals surface area contributed by atoms with E-state index in [0.717, 1.165) is 11.1 Å². The van der Waals surface area contributed by atoms with Gasteiger partial charge in [0.2, 0.25) is 5.91 Å². The van der Waals surface area contributed by atoms with Gasteiger partial charge in [-0.1, -0.05) is 24.3 Å². The summed E-state index contributed by atoms with van der Waals surface area (Å²) in [5.74, 6) is 0.345. The lowest BCUT2D eigenvalue weighted by atomic mass is 9.82. The average molecular weight is 291 g/mol. The number of carbonyl (C=O) groups is 1. The van der Waals surface area contributed by atoms with Crippen LogP contribution in [0.25, 0.3) is 0 Å². The molecule has 0 saturated carbocycles. The van der Waals surface area contributed by atoms with Crippen molar-refractivity contribution in [2.75, 3.05) is 32.9 Å². The van der Waals surface area contributed by atoms with Crippen LogP contribution >= 0.6 is 0 Å². The maximum atomic E-state index is 12.4. The van der Waals surface area contributed by atoms with Crippen molar-refractivity contribution in [2.24, 2.45) is 11.3 Å². The van der Waals surface area contributed by atoms with Gasteiger partial charge in [-0.15, -0.1) is 0 Å². The number of hydrogen-bond acceptors (Lipinski definition) is 4. The number of ether oxygens (including phenoxy) is 1. The number of rotatable bonds is 4. The zero-order valence-electron chi connectivity index (χ0n) is 12.0. The minimum absolute atomic E-state index is 0.0149. The van der Waals surface area contributed by atoms with Gasteiger partial charge in [-0.25, -0.2) is 0 Å². The van der Waals surface area contributed by atoms with Gasteiger partial charge in [-0.2, -0.15) is 0 Å². The largest absolute Gasteiger partial charge is 0.396 e. The summed E-state index contributed by atoms with van der Waals surface area (Å²) in [6.07, 6.45) is 0.362. The predicted molar refractivity (Wildman–Crippen MR) is 76.5 cm³/mol. The highest BCUT2D eigenvalue weighted by molar-refractivity contribution is 5.79. The highest BCUT2D eigenvalue weighted by Gasteiger charge is 2.51. The van der Waals surface area contributed by atoms with Crippen LogP contribution in [0.1, 0.15) is 11.1 Å². The zero-order valence-corrected chi connectivity index (χ0v) is 12.0. The molecule has 2 saturated heterocycles.